The smallest absolute Gasteiger partial charge is 0.251 e. The summed E-state index contributed by atoms with van der Waals surface area (Å²) in [5.41, 5.74) is 0.672. The Morgan fingerprint density at radius 2 is 1.71 bits per heavy atom. The molecule has 130 valence electrons. The van der Waals surface area contributed by atoms with Crippen LogP contribution in [-0.2, 0) is 6.42 Å². The number of hydrogen-bond acceptors (Lipinski definition) is 3. The largest absolute Gasteiger partial charge is 0.356 e. The molecule has 0 unspecified atom stereocenters. The van der Waals surface area contributed by atoms with Crippen LogP contribution in [0.15, 0.2) is 52.8 Å². The molecular weight excluding hydrogens is 435 g/mol. The Balaban J connectivity index is 0.00000288. The molecule has 1 aromatic carbocycles. The Kier molecular flexibility index (Phi) is 10.1. The van der Waals surface area contributed by atoms with Crippen LogP contribution in [-0.4, -0.2) is 38.5 Å². The van der Waals surface area contributed by atoms with Gasteiger partial charge in [-0.1, -0.05) is 24.3 Å². The van der Waals surface area contributed by atoms with Crippen LogP contribution in [0.3, 0.4) is 0 Å². The van der Waals surface area contributed by atoms with E-state index in [0.717, 1.165) is 18.9 Å². The summed E-state index contributed by atoms with van der Waals surface area (Å²) in [6.45, 7) is 1.99. The number of nitrogens with zero attached hydrogens (tertiary/aromatic N) is 1. The van der Waals surface area contributed by atoms with E-state index in [2.05, 4.69) is 38.5 Å². The first-order valence-electron chi connectivity index (χ1n) is 7.60. The lowest BCUT2D eigenvalue weighted by atomic mass is 10.2. The molecule has 0 aliphatic rings. The molecule has 0 spiro atoms. The maximum absolute atomic E-state index is 11.9. The fraction of sp³-hybridized carbons (Fsp3) is 0.294. The predicted octanol–water partition coefficient (Wildman–Crippen LogP) is 2.50. The van der Waals surface area contributed by atoms with E-state index in [-0.39, 0.29) is 29.9 Å². The van der Waals surface area contributed by atoms with Gasteiger partial charge >= 0.3 is 0 Å². The van der Waals surface area contributed by atoms with Gasteiger partial charge in [0.2, 0.25) is 0 Å². The number of amides is 1. The van der Waals surface area contributed by atoms with Crippen molar-refractivity contribution in [3.8, 4) is 0 Å². The standard InChI is InChI=1S/C17H22N4OS.HI/c1-18-17(20-10-9-15-8-5-13-23-15)21-12-11-19-16(22)14-6-3-2-4-7-14;/h2-8,13H,9-12H2,1H3,(H,19,22)(H2,18,20,21);1H. The highest BCUT2D eigenvalue weighted by Gasteiger charge is 2.03. The zero-order chi connectivity index (χ0) is 16.3. The summed E-state index contributed by atoms with van der Waals surface area (Å²) in [7, 11) is 1.74. The van der Waals surface area contributed by atoms with Crippen LogP contribution in [0.4, 0.5) is 0 Å². The summed E-state index contributed by atoms with van der Waals surface area (Å²) in [4.78, 5) is 17.4. The Hall–Kier alpha value is -1.61. The minimum Gasteiger partial charge on any atom is -0.356 e. The monoisotopic (exact) mass is 458 g/mol. The number of halogens is 1. The minimum absolute atomic E-state index is 0. The summed E-state index contributed by atoms with van der Waals surface area (Å²) >= 11 is 1.76. The summed E-state index contributed by atoms with van der Waals surface area (Å²) in [6.07, 6.45) is 0.975. The van der Waals surface area contributed by atoms with Crippen molar-refractivity contribution >= 4 is 47.2 Å². The topological polar surface area (TPSA) is 65.5 Å². The molecule has 0 atom stereocenters. The van der Waals surface area contributed by atoms with Crippen molar-refractivity contribution < 1.29 is 4.79 Å². The summed E-state index contributed by atoms with van der Waals surface area (Å²) in [5.74, 6) is 0.684. The second-order valence-corrected chi connectivity index (χ2v) is 5.91. The molecule has 1 aromatic heterocycles. The van der Waals surface area contributed by atoms with E-state index in [1.165, 1.54) is 4.88 Å². The minimum atomic E-state index is -0.0620. The van der Waals surface area contributed by atoms with Gasteiger partial charge in [-0.2, -0.15) is 0 Å². The molecule has 2 aromatic rings. The van der Waals surface area contributed by atoms with Crippen molar-refractivity contribution in [1.82, 2.24) is 16.0 Å². The van der Waals surface area contributed by atoms with E-state index in [9.17, 15) is 4.79 Å². The molecular formula is C17H23IN4OS. The first-order chi connectivity index (χ1) is 11.3. The SMILES string of the molecule is CN=C(NCCNC(=O)c1ccccc1)NCCc1cccs1.I. The highest BCUT2D eigenvalue weighted by molar-refractivity contribution is 14.0. The van der Waals surface area contributed by atoms with Crippen LogP contribution < -0.4 is 16.0 Å². The molecule has 0 aliphatic carbocycles. The molecule has 0 saturated heterocycles. The Labute approximate surface area is 164 Å². The van der Waals surface area contributed by atoms with Crippen LogP contribution in [0.5, 0.6) is 0 Å². The fourth-order valence-corrected chi connectivity index (χ4v) is 2.74. The normalized spacial score (nSPS) is 10.6. The van der Waals surface area contributed by atoms with Gasteiger partial charge in [-0.05, 0) is 30.0 Å². The number of guanidine groups is 1. The second kappa shape index (κ2) is 11.9. The van der Waals surface area contributed by atoms with Gasteiger partial charge in [0.1, 0.15) is 0 Å². The molecule has 0 saturated carbocycles. The first kappa shape index (κ1) is 20.4. The highest BCUT2D eigenvalue weighted by atomic mass is 127. The van der Waals surface area contributed by atoms with E-state index in [4.69, 9.17) is 0 Å². The van der Waals surface area contributed by atoms with Crippen molar-refractivity contribution in [2.45, 2.75) is 6.42 Å². The average molecular weight is 458 g/mol. The molecule has 5 nitrogen and oxygen atoms in total. The molecule has 24 heavy (non-hydrogen) atoms. The van der Waals surface area contributed by atoms with Gasteiger partial charge in [-0.3, -0.25) is 9.79 Å². The number of thiophene rings is 1. The lowest BCUT2D eigenvalue weighted by Gasteiger charge is -2.12. The molecule has 0 radical (unpaired) electrons. The Morgan fingerprint density at radius 3 is 2.38 bits per heavy atom. The number of carbonyl (C=O) groups excluding carboxylic acids is 1. The van der Waals surface area contributed by atoms with E-state index in [1.807, 2.05) is 18.2 Å². The molecule has 2 rings (SSSR count). The molecule has 7 heteroatoms. The van der Waals surface area contributed by atoms with E-state index in [0.29, 0.717) is 18.7 Å². The van der Waals surface area contributed by atoms with E-state index >= 15 is 0 Å². The average Bonchev–Trinajstić information content (AvgIpc) is 3.11. The van der Waals surface area contributed by atoms with Crippen LogP contribution in [0.1, 0.15) is 15.2 Å². The maximum Gasteiger partial charge on any atom is 0.251 e. The molecule has 1 amide bonds. The van der Waals surface area contributed by atoms with Gasteiger partial charge in [0.15, 0.2) is 5.96 Å². The van der Waals surface area contributed by atoms with E-state index < -0.39 is 0 Å². The quantitative estimate of drug-likeness (QED) is 0.259. The number of hydrogen-bond donors (Lipinski definition) is 3. The number of carbonyl (C=O) groups is 1. The van der Waals surface area contributed by atoms with Crippen molar-refractivity contribution in [2.24, 2.45) is 4.99 Å². The van der Waals surface area contributed by atoms with E-state index in [1.54, 1.807) is 30.5 Å². The van der Waals surface area contributed by atoms with Gasteiger partial charge < -0.3 is 16.0 Å². The van der Waals surface area contributed by atoms with Gasteiger partial charge in [0, 0.05) is 37.1 Å². The van der Waals surface area contributed by atoms with Crippen LogP contribution in [0.2, 0.25) is 0 Å². The third-order valence-corrected chi connectivity index (χ3v) is 4.14. The van der Waals surface area contributed by atoms with Gasteiger partial charge in [0.25, 0.3) is 5.91 Å². The van der Waals surface area contributed by atoms with Crippen molar-refractivity contribution in [2.75, 3.05) is 26.7 Å². The van der Waals surface area contributed by atoms with Gasteiger partial charge in [0.05, 0.1) is 0 Å². The highest BCUT2D eigenvalue weighted by Crippen LogP contribution is 2.07. The van der Waals surface area contributed by atoms with Gasteiger partial charge in [-0.15, -0.1) is 35.3 Å². The van der Waals surface area contributed by atoms with Crippen molar-refractivity contribution in [1.29, 1.82) is 0 Å². The first-order valence-corrected chi connectivity index (χ1v) is 8.47. The maximum atomic E-state index is 11.9. The number of benzene rings is 1. The summed E-state index contributed by atoms with van der Waals surface area (Å²) in [5, 5.41) is 11.4. The number of nitrogens with one attached hydrogen (secondary N) is 3. The second-order valence-electron chi connectivity index (χ2n) is 4.88. The van der Waals surface area contributed by atoms with Crippen molar-refractivity contribution in [3.63, 3.8) is 0 Å². The Morgan fingerprint density at radius 1 is 1.00 bits per heavy atom. The van der Waals surface area contributed by atoms with Crippen LogP contribution in [0.25, 0.3) is 0 Å². The molecule has 3 N–H and O–H groups in total. The predicted molar refractivity (Wildman–Crippen MR) is 112 cm³/mol. The van der Waals surface area contributed by atoms with Crippen molar-refractivity contribution in [3.05, 3.63) is 58.3 Å². The summed E-state index contributed by atoms with van der Waals surface area (Å²) < 4.78 is 0. The third-order valence-electron chi connectivity index (χ3n) is 3.21. The molecule has 0 fully saturated rings. The molecule has 0 bridgehead atoms. The zero-order valence-corrected chi connectivity index (χ0v) is 16.8. The van der Waals surface area contributed by atoms with Gasteiger partial charge in [-0.25, -0.2) is 0 Å². The number of rotatable bonds is 7. The zero-order valence-electron chi connectivity index (χ0n) is 13.6. The summed E-state index contributed by atoms with van der Waals surface area (Å²) in [6, 6.07) is 13.4. The Bertz CT molecular complexity index is 617. The number of aliphatic imine (C=N–C) groups is 1. The third kappa shape index (κ3) is 7.31. The lowest BCUT2D eigenvalue weighted by Crippen LogP contribution is -2.42. The molecule has 0 aliphatic heterocycles. The van der Waals surface area contributed by atoms with Crippen LogP contribution >= 0.6 is 35.3 Å². The lowest BCUT2D eigenvalue weighted by molar-refractivity contribution is 0.0954. The fourth-order valence-electron chi connectivity index (χ4n) is 2.03. The molecule has 1 heterocycles. The van der Waals surface area contributed by atoms with Crippen LogP contribution in [0, 0.1) is 0 Å².